The van der Waals surface area contributed by atoms with Crippen molar-refractivity contribution in [2.75, 3.05) is 34.0 Å². The molecule has 0 bridgehead atoms. The number of nitrogens with zero attached hydrogens (tertiary/aromatic N) is 1. The number of aliphatic hydroxyl groups is 1. The van der Waals surface area contributed by atoms with Crippen LogP contribution in [0.5, 0.6) is 0 Å². The number of rotatable bonds is 7. The van der Waals surface area contributed by atoms with Crippen LogP contribution in [0.3, 0.4) is 0 Å². The van der Waals surface area contributed by atoms with Gasteiger partial charge in [-0.05, 0) is 32.6 Å². The summed E-state index contributed by atoms with van der Waals surface area (Å²) < 4.78 is 10.4. The summed E-state index contributed by atoms with van der Waals surface area (Å²) in [5, 5.41) is 9.56. The zero-order chi connectivity index (χ0) is 12.7. The topological polar surface area (TPSA) is 41.9 Å². The van der Waals surface area contributed by atoms with E-state index >= 15 is 0 Å². The fourth-order valence-electron chi connectivity index (χ4n) is 2.69. The first-order chi connectivity index (χ1) is 8.19. The second kappa shape index (κ2) is 8.03. The summed E-state index contributed by atoms with van der Waals surface area (Å²) in [5.41, 5.74) is 0. The van der Waals surface area contributed by atoms with Crippen molar-refractivity contribution in [2.45, 2.75) is 50.8 Å². The molecule has 0 heterocycles. The molecule has 0 aliphatic heterocycles. The van der Waals surface area contributed by atoms with E-state index in [1.807, 2.05) is 0 Å². The minimum Gasteiger partial charge on any atom is -0.393 e. The Kier molecular flexibility index (Phi) is 7.04. The molecule has 1 saturated carbocycles. The first-order valence-electron chi connectivity index (χ1n) is 6.60. The Morgan fingerprint density at radius 1 is 1.18 bits per heavy atom. The summed E-state index contributed by atoms with van der Waals surface area (Å²) in [6, 6.07) is 0.981. The van der Waals surface area contributed by atoms with Crippen LogP contribution in [-0.4, -0.2) is 62.2 Å². The van der Waals surface area contributed by atoms with Gasteiger partial charge in [-0.25, -0.2) is 0 Å². The second-order valence-corrected chi connectivity index (χ2v) is 5.00. The van der Waals surface area contributed by atoms with Crippen molar-refractivity contribution in [1.29, 1.82) is 0 Å². The first kappa shape index (κ1) is 14.9. The lowest BCUT2D eigenvalue weighted by Gasteiger charge is -2.39. The van der Waals surface area contributed by atoms with Crippen LogP contribution in [0.2, 0.25) is 0 Å². The average Bonchev–Trinajstić information content (AvgIpc) is 2.32. The van der Waals surface area contributed by atoms with Crippen LogP contribution in [0.1, 0.15) is 32.6 Å². The van der Waals surface area contributed by atoms with E-state index in [0.717, 1.165) is 45.4 Å². The van der Waals surface area contributed by atoms with E-state index in [0.29, 0.717) is 12.1 Å². The molecular formula is C13H27NO3. The zero-order valence-corrected chi connectivity index (χ0v) is 11.4. The van der Waals surface area contributed by atoms with Crippen LogP contribution in [-0.2, 0) is 9.47 Å². The molecule has 0 aromatic carbocycles. The summed E-state index contributed by atoms with van der Waals surface area (Å²) >= 11 is 0. The highest BCUT2D eigenvalue weighted by Crippen LogP contribution is 2.24. The zero-order valence-electron chi connectivity index (χ0n) is 11.4. The number of hydrogen-bond donors (Lipinski definition) is 1. The van der Waals surface area contributed by atoms with Gasteiger partial charge in [-0.3, -0.25) is 4.90 Å². The van der Waals surface area contributed by atoms with Crippen molar-refractivity contribution < 1.29 is 14.6 Å². The molecule has 4 nitrogen and oxygen atoms in total. The molecule has 1 rings (SSSR count). The molecule has 102 valence electrons. The molecule has 0 saturated heterocycles. The summed E-state index contributed by atoms with van der Waals surface area (Å²) in [4.78, 5) is 2.47. The Labute approximate surface area is 105 Å². The van der Waals surface area contributed by atoms with E-state index in [1.165, 1.54) is 0 Å². The lowest BCUT2D eigenvalue weighted by molar-refractivity contribution is 0.0155. The van der Waals surface area contributed by atoms with Crippen molar-refractivity contribution in [1.82, 2.24) is 4.90 Å². The van der Waals surface area contributed by atoms with Gasteiger partial charge in [0.05, 0.1) is 19.3 Å². The van der Waals surface area contributed by atoms with E-state index < -0.39 is 0 Å². The van der Waals surface area contributed by atoms with Crippen molar-refractivity contribution in [3.63, 3.8) is 0 Å². The van der Waals surface area contributed by atoms with Crippen LogP contribution < -0.4 is 0 Å². The Balaban J connectivity index is 2.48. The van der Waals surface area contributed by atoms with Gasteiger partial charge in [-0.15, -0.1) is 0 Å². The Bertz CT molecular complexity index is 193. The third-order valence-electron chi connectivity index (χ3n) is 3.66. The van der Waals surface area contributed by atoms with E-state index in [1.54, 1.807) is 14.2 Å². The van der Waals surface area contributed by atoms with Crippen molar-refractivity contribution >= 4 is 0 Å². The van der Waals surface area contributed by atoms with Gasteiger partial charge in [0.1, 0.15) is 0 Å². The van der Waals surface area contributed by atoms with Crippen molar-refractivity contribution in [3.05, 3.63) is 0 Å². The lowest BCUT2D eigenvalue weighted by atomic mass is 9.91. The van der Waals surface area contributed by atoms with Gasteiger partial charge in [0.2, 0.25) is 0 Å². The van der Waals surface area contributed by atoms with Crippen LogP contribution in [0.25, 0.3) is 0 Å². The third-order valence-corrected chi connectivity index (χ3v) is 3.66. The predicted octanol–water partition coefficient (Wildman–Crippen LogP) is 1.27. The van der Waals surface area contributed by atoms with E-state index in [2.05, 4.69) is 11.8 Å². The monoisotopic (exact) mass is 245 g/mol. The SMILES string of the molecule is COCCN(C(C)COC)C1CCC(O)CC1. The number of ether oxygens (including phenoxy) is 2. The van der Waals surface area contributed by atoms with Gasteiger partial charge in [0.25, 0.3) is 0 Å². The van der Waals surface area contributed by atoms with E-state index in [-0.39, 0.29) is 6.10 Å². The Morgan fingerprint density at radius 2 is 1.82 bits per heavy atom. The molecule has 1 unspecified atom stereocenters. The van der Waals surface area contributed by atoms with Gasteiger partial charge in [-0.2, -0.15) is 0 Å². The second-order valence-electron chi connectivity index (χ2n) is 5.00. The normalized spacial score (nSPS) is 27.4. The number of hydrogen-bond acceptors (Lipinski definition) is 4. The van der Waals surface area contributed by atoms with E-state index in [4.69, 9.17) is 9.47 Å². The molecule has 4 heteroatoms. The third kappa shape index (κ3) is 4.92. The maximum Gasteiger partial charge on any atom is 0.0615 e. The lowest BCUT2D eigenvalue weighted by Crippen LogP contribution is -2.47. The molecule has 1 N–H and O–H groups in total. The van der Waals surface area contributed by atoms with Crippen LogP contribution in [0, 0.1) is 0 Å². The number of methoxy groups -OCH3 is 2. The Hall–Kier alpha value is -0.160. The molecule has 1 atom stereocenters. The predicted molar refractivity (Wildman–Crippen MR) is 68.2 cm³/mol. The quantitative estimate of drug-likeness (QED) is 0.733. The Morgan fingerprint density at radius 3 is 2.35 bits per heavy atom. The largest absolute Gasteiger partial charge is 0.393 e. The van der Waals surface area contributed by atoms with Crippen molar-refractivity contribution in [3.8, 4) is 0 Å². The molecule has 1 fully saturated rings. The summed E-state index contributed by atoms with van der Waals surface area (Å²) in [7, 11) is 3.49. The summed E-state index contributed by atoms with van der Waals surface area (Å²) in [6.07, 6.45) is 3.92. The highest BCUT2D eigenvalue weighted by molar-refractivity contribution is 4.82. The maximum absolute atomic E-state index is 9.56. The van der Waals surface area contributed by atoms with Gasteiger partial charge in [0, 0.05) is 32.8 Å². The smallest absolute Gasteiger partial charge is 0.0615 e. The summed E-state index contributed by atoms with van der Waals surface area (Å²) in [6.45, 7) is 4.65. The molecule has 0 aromatic rings. The first-order valence-corrected chi connectivity index (χ1v) is 6.60. The maximum atomic E-state index is 9.56. The van der Waals surface area contributed by atoms with Gasteiger partial charge < -0.3 is 14.6 Å². The molecule has 0 amide bonds. The van der Waals surface area contributed by atoms with Crippen LogP contribution in [0.4, 0.5) is 0 Å². The van der Waals surface area contributed by atoms with Crippen molar-refractivity contribution in [2.24, 2.45) is 0 Å². The number of aliphatic hydroxyl groups excluding tert-OH is 1. The standard InChI is InChI=1S/C13H27NO3/c1-11(10-17-3)14(8-9-16-2)12-4-6-13(15)7-5-12/h11-13,15H,4-10H2,1-3H3. The van der Waals surface area contributed by atoms with Gasteiger partial charge >= 0.3 is 0 Å². The minimum atomic E-state index is -0.0896. The minimum absolute atomic E-state index is 0.0896. The molecule has 17 heavy (non-hydrogen) atoms. The van der Waals surface area contributed by atoms with E-state index in [9.17, 15) is 5.11 Å². The molecule has 0 spiro atoms. The fourth-order valence-corrected chi connectivity index (χ4v) is 2.69. The highest BCUT2D eigenvalue weighted by Gasteiger charge is 2.27. The molecule has 1 aliphatic carbocycles. The molecule has 0 radical (unpaired) electrons. The van der Waals surface area contributed by atoms with Crippen LogP contribution in [0.15, 0.2) is 0 Å². The van der Waals surface area contributed by atoms with Crippen LogP contribution >= 0.6 is 0 Å². The molecule has 1 aliphatic rings. The average molecular weight is 245 g/mol. The highest BCUT2D eigenvalue weighted by atomic mass is 16.5. The summed E-state index contributed by atoms with van der Waals surface area (Å²) in [5.74, 6) is 0. The fraction of sp³-hybridized carbons (Fsp3) is 1.00. The molecule has 0 aromatic heterocycles. The van der Waals surface area contributed by atoms with Gasteiger partial charge in [0.15, 0.2) is 0 Å². The molecular weight excluding hydrogens is 218 g/mol. The van der Waals surface area contributed by atoms with Gasteiger partial charge in [-0.1, -0.05) is 0 Å².